The van der Waals surface area contributed by atoms with E-state index in [9.17, 15) is 0 Å². The van der Waals surface area contributed by atoms with Crippen molar-refractivity contribution in [3.63, 3.8) is 0 Å². The summed E-state index contributed by atoms with van der Waals surface area (Å²) in [6, 6.07) is 0.0995. The van der Waals surface area contributed by atoms with E-state index in [0.29, 0.717) is 5.92 Å². The Morgan fingerprint density at radius 1 is 1.67 bits per heavy atom. The minimum absolute atomic E-state index is 0.0995. The molecule has 0 aromatic heterocycles. The van der Waals surface area contributed by atoms with Gasteiger partial charge in [-0.25, -0.2) is 0 Å². The molecule has 0 amide bonds. The van der Waals surface area contributed by atoms with Gasteiger partial charge in [-0.3, -0.25) is 0 Å². The fourth-order valence-electron chi connectivity index (χ4n) is 0.763. The Morgan fingerprint density at radius 2 is 2.33 bits per heavy atom. The van der Waals surface area contributed by atoms with E-state index in [0.717, 1.165) is 5.03 Å². The van der Waals surface area contributed by atoms with Gasteiger partial charge in [0.25, 0.3) is 0 Å². The van der Waals surface area contributed by atoms with Crippen LogP contribution in [-0.4, -0.2) is 6.04 Å². The highest BCUT2D eigenvalue weighted by Gasteiger charge is 2.10. The van der Waals surface area contributed by atoms with E-state index in [1.54, 1.807) is 0 Å². The van der Waals surface area contributed by atoms with Gasteiger partial charge in [0, 0.05) is 11.1 Å². The molecule has 1 aliphatic carbocycles. The second-order valence-corrected chi connectivity index (χ2v) is 2.78. The number of rotatable bonds is 0. The van der Waals surface area contributed by atoms with Crippen LogP contribution in [0.3, 0.4) is 0 Å². The molecule has 0 spiro atoms. The van der Waals surface area contributed by atoms with Crippen molar-refractivity contribution in [3.8, 4) is 0 Å². The van der Waals surface area contributed by atoms with Crippen LogP contribution in [0.1, 0.15) is 6.92 Å². The molecule has 0 aliphatic heterocycles. The number of halogens is 1. The maximum Gasteiger partial charge on any atom is 0.0378 e. The number of hydrogen-bond donors (Lipinski definition) is 1. The van der Waals surface area contributed by atoms with E-state index in [4.69, 9.17) is 17.3 Å². The van der Waals surface area contributed by atoms with Crippen LogP contribution >= 0.6 is 11.6 Å². The predicted octanol–water partition coefficient (Wildman–Crippen LogP) is 1.64. The first-order chi connectivity index (χ1) is 4.20. The zero-order chi connectivity index (χ0) is 6.85. The molecule has 0 fully saturated rings. The largest absolute Gasteiger partial charge is 0.324 e. The van der Waals surface area contributed by atoms with Crippen LogP contribution in [0, 0.1) is 5.92 Å². The quantitative estimate of drug-likeness (QED) is 0.548. The summed E-state index contributed by atoms with van der Waals surface area (Å²) >= 11 is 5.67. The molecule has 1 nitrogen and oxygen atoms in total. The minimum Gasteiger partial charge on any atom is -0.324 e. The van der Waals surface area contributed by atoms with E-state index in [1.807, 2.05) is 18.2 Å². The van der Waals surface area contributed by atoms with E-state index in [-0.39, 0.29) is 6.04 Å². The normalized spacial score (nSPS) is 34.3. The summed E-state index contributed by atoms with van der Waals surface area (Å²) in [5, 5.41) is 0.751. The smallest absolute Gasteiger partial charge is 0.0378 e. The van der Waals surface area contributed by atoms with Crippen molar-refractivity contribution >= 4 is 11.6 Å². The number of nitrogens with two attached hydrogens (primary N) is 1. The third-order valence-electron chi connectivity index (χ3n) is 1.52. The molecular weight excluding hydrogens is 134 g/mol. The zero-order valence-electron chi connectivity index (χ0n) is 5.34. The molecule has 0 saturated carbocycles. The molecule has 2 heteroatoms. The van der Waals surface area contributed by atoms with Crippen molar-refractivity contribution in [3.05, 3.63) is 23.3 Å². The summed E-state index contributed by atoms with van der Waals surface area (Å²) in [7, 11) is 0. The van der Waals surface area contributed by atoms with Crippen molar-refractivity contribution in [2.75, 3.05) is 0 Å². The van der Waals surface area contributed by atoms with Gasteiger partial charge in [-0.05, 0) is 18.1 Å². The first kappa shape index (κ1) is 6.84. The van der Waals surface area contributed by atoms with E-state index in [1.165, 1.54) is 0 Å². The van der Waals surface area contributed by atoms with Gasteiger partial charge in [0.15, 0.2) is 0 Å². The highest BCUT2D eigenvalue weighted by Crippen LogP contribution is 2.16. The number of allylic oxidation sites excluding steroid dienone is 2. The molecule has 50 valence electrons. The molecule has 2 atom stereocenters. The Balaban J connectivity index is 2.70. The van der Waals surface area contributed by atoms with Gasteiger partial charge in [-0.15, -0.1) is 0 Å². The van der Waals surface area contributed by atoms with Gasteiger partial charge >= 0.3 is 0 Å². The lowest BCUT2D eigenvalue weighted by Crippen LogP contribution is -2.26. The Hall–Kier alpha value is -0.270. The standard InChI is InChI=1S/C7H10ClN/c1-5-2-3-6(8)4-7(5)9/h2-5,7H,9H2,1H3. The van der Waals surface area contributed by atoms with Crippen LogP contribution in [-0.2, 0) is 0 Å². The number of hydrogen-bond acceptors (Lipinski definition) is 1. The molecule has 1 aliphatic rings. The zero-order valence-corrected chi connectivity index (χ0v) is 6.10. The van der Waals surface area contributed by atoms with Gasteiger partial charge in [0.1, 0.15) is 0 Å². The van der Waals surface area contributed by atoms with Crippen LogP contribution in [0.25, 0.3) is 0 Å². The molecular formula is C7H10ClN. The fourth-order valence-corrected chi connectivity index (χ4v) is 0.981. The van der Waals surface area contributed by atoms with Gasteiger partial charge in [-0.1, -0.05) is 24.6 Å². The summed E-state index contributed by atoms with van der Waals surface area (Å²) in [5.74, 6) is 0.424. The fraction of sp³-hybridized carbons (Fsp3) is 0.429. The van der Waals surface area contributed by atoms with Gasteiger partial charge in [0.2, 0.25) is 0 Å². The Labute approximate surface area is 60.2 Å². The van der Waals surface area contributed by atoms with Crippen molar-refractivity contribution in [1.82, 2.24) is 0 Å². The van der Waals surface area contributed by atoms with Crippen LogP contribution in [0.2, 0.25) is 0 Å². The molecule has 0 heterocycles. The molecule has 0 aromatic carbocycles. The Bertz CT molecular complexity index is 160. The average molecular weight is 144 g/mol. The highest BCUT2D eigenvalue weighted by molar-refractivity contribution is 6.31. The average Bonchev–Trinajstić information content (AvgIpc) is 1.80. The lowest BCUT2D eigenvalue weighted by molar-refractivity contribution is 0.623. The van der Waals surface area contributed by atoms with Crippen LogP contribution in [0.5, 0.6) is 0 Å². The molecule has 0 radical (unpaired) electrons. The van der Waals surface area contributed by atoms with Gasteiger partial charge in [0.05, 0.1) is 0 Å². The lowest BCUT2D eigenvalue weighted by Gasteiger charge is -2.15. The topological polar surface area (TPSA) is 26.0 Å². The van der Waals surface area contributed by atoms with Crippen LogP contribution in [0.15, 0.2) is 23.3 Å². The second kappa shape index (κ2) is 2.54. The molecule has 1 rings (SSSR count). The molecule has 0 aromatic rings. The highest BCUT2D eigenvalue weighted by atomic mass is 35.5. The van der Waals surface area contributed by atoms with Crippen molar-refractivity contribution < 1.29 is 0 Å². The first-order valence-electron chi connectivity index (χ1n) is 3.01. The summed E-state index contributed by atoms with van der Waals surface area (Å²) < 4.78 is 0. The molecule has 0 bridgehead atoms. The molecule has 0 saturated heterocycles. The van der Waals surface area contributed by atoms with E-state index in [2.05, 4.69) is 6.92 Å². The molecule has 2 unspecified atom stereocenters. The summed E-state index contributed by atoms with van der Waals surface area (Å²) in [4.78, 5) is 0. The Morgan fingerprint density at radius 3 is 2.78 bits per heavy atom. The molecule has 2 N–H and O–H groups in total. The van der Waals surface area contributed by atoms with Crippen molar-refractivity contribution in [2.24, 2.45) is 11.7 Å². The van der Waals surface area contributed by atoms with Crippen LogP contribution < -0.4 is 5.73 Å². The van der Waals surface area contributed by atoms with Crippen LogP contribution in [0.4, 0.5) is 0 Å². The third kappa shape index (κ3) is 1.57. The van der Waals surface area contributed by atoms with Gasteiger partial charge in [-0.2, -0.15) is 0 Å². The van der Waals surface area contributed by atoms with Gasteiger partial charge < -0.3 is 5.73 Å². The second-order valence-electron chi connectivity index (χ2n) is 2.35. The minimum atomic E-state index is 0.0995. The van der Waals surface area contributed by atoms with E-state index < -0.39 is 0 Å². The van der Waals surface area contributed by atoms with Crippen molar-refractivity contribution in [1.29, 1.82) is 0 Å². The Kier molecular flexibility index (Phi) is 1.94. The summed E-state index contributed by atoms with van der Waals surface area (Å²) in [6.07, 6.45) is 5.77. The first-order valence-corrected chi connectivity index (χ1v) is 3.39. The SMILES string of the molecule is CC1C=CC(Cl)=CC1N. The monoisotopic (exact) mass is 143 g/mol. The van der Waals surface area contributed by atoms with E-state index >= 15 is 0 Å². The summed E-state index contributed by atoms with van der Waals surface area (Å²) in [6.45, 7) is 2.07. The maximum absolute atomic E-state index is 5.67. The third-order valence-corrected chi connectivity index (χ3v) is 1.77. The predicted molar refractivity (Wildman–Crippen MR) is 40.2 cm³/mol. The van der Waals surface area contributed by atoms with Crippen molar-refractivity contribution in [2.45, 2.75) is 13.0 Å². The lowest BCUT2D eigenvalue weighted by atomic mass is 9.98. The maximum atomic E-state index is 5.67. The molecule has 9 heavy (non-hydrogen) atoms. The summed E-state index contributed by atoms with van der Waals surface area (Å²) in [5.41, 5.74) is 5.66.